The van der Waals surface area contributed by atoms with Gasteiger partial charge in [0.1, 0.15) is 0 Å². The van der Waals surface area contributed by atoms with Crippen molar-refractivity contribution in [2.75, 3.05) is 11.9 Å². The third-order valence-corrected chi connectivity index (χ3v) is 3.00. The number of aliphatic carboxylic acids is 1. The Hall–Kier alpha value is -2.04. The topological polar surface area (TPSA) is 92.4 Å². The van der Waals surface area contributed by atoms with Crippen molar-refractivity contribution < 1.29 is 14.7 Å². The summed E-state index contributed by atoms with van der Waals surface area (Å²) in [6.45, 7) is 4.53. The largest absolute Gasteiger partial charge is 0.481 e. The second-order valence-electron chi connectivity index (χ2n) is 4.81. The zero-order valence-corrected chi connectivity index (χ0v) is 11.3. The number of carboxylic acid groups (broad SMARTS) is 1. The number of amides is 1. The van der Waals surface area contributed by atoms with Gasteiger partial charge in [0, 0.05) is 24.2 Å². The summed E-state index contributed by atoms with van der Waals surface area (Å²) in [5.41, 5.74) is 7.49. The molecule has 1 atom stereocenters. The Bertz CT molecular complexity index is 472. The molecule has 4 N–H and O–H groups in total. The molecule has 104 valence electrons. The van der Waals surface area contributed by atoms with Gasteiger partial charge in [0.05, 0.1) is 0 Å². The molecule has 0 saturated heterocycles. The molecule has 0 aromatic heterocycles. The van der Waals surface area contributed by atoms with Gasteiger partial charge in [0.15, 0.2) is 0 Å². The van der Waals surface area contributed by atoms with Crippen LogP contribution in [0.5, 0.6) is 0 Å². The summed E-state index contributed by atoms with van der Waals surface area (Å²) in [7, 11) is 0. The average molecular weight is 264 g/mol. The molecule has 0 aliphatic heterocycles. The van der Waals surface area contributed by atoms with E-state index in [4.69, 9.17) is 10.8 Å². The van der Waals surface area contributed by atoms with Crippen molar-refractivity contribution in [2.45, 2.75) is 26.7 Å². The van der Waals surface area contributed by atoms with E-state index in [0.717, 1.165) is 11.3 Å². The molecule has 0 saturated carbocycles. The van der Waals surface area contributed by atoms with Crippen LogP contribution in [-0.2, 0) is 4.79 Å². The van der Waals surface area contributed by atoms with Crippen LogP contribution >= 0.6 is 0 Å². The highest BCUT2D eigenvalue weighted by molar-refractivity contribution is 5.94. The van der Waals surface area contributed by atoms with Crippen LogP contribution in [0, 0.1) is 12.8 Å². The van der Waals surface area contributed by atoms with Gasteiger partial charge in [0.2, 0.25) is 5.91 Å². The van der Waals surface area contributed by atoms with E-state index in [-0.39, 0.29) is 12.3 Å². The molecule has 0 aliphatic carbocycles. The Labute approximate surface area is 112 Å². The lowest BCUT2D eigenvalue weighted by molar-refractivity contribution is -0.137. The molecule has 1 unspecified atom stereocenters. The first kappa shape index (κ1) is 15.0. The predicted octanol–water partition coefficient (Wildman–Crippen LogP) is 2.01. The van der Waals surface area contributed by atoms with Gasteiger partial charge in [-0.2, -0.15) is 0 Å². The van der Waals surface area contributed by atoms with Gasteiger partial charge in [-0.1, -0.05) is 6.92 Å². The first-order chi connectivity index (χ1) is 8.90. The Morgan fingerprint density at radius 1 is 1.42 bits per heavy atom. The lowest BCUT2D eigenvalue weighted by Crippen LogP contribution is -2.15. The van der Waals surface area contributed by atoms with E-state index in [2.05, 4.69) is 5.32 Å². The Morgan fingerprint density at radius 3 is 2.63 bits per heavy atom. The summed E-state index contributed by atoms with van der Waals surface area (Å²) in [5.74, 6) is -0.931. The molecule has 19 heavy (non-hydrogen) atoms. The van der Waals surface area contributed by atoms with Crippen molar-refractivity contribution in [1.82, 2.24) is 0 Å². The lowest BCUT2D eigenvalue weighted by atomic mass is 10.0. The number of nitrogens with one attached hydrogen (secondary N) is 1. The fourth-order valence-electron chi connectivity index (χ4n) is 1.81. The maximum absolute atomic E-state index is 11.1. The molecule has 0 fully saturated rings. The molecular formula is C14H20N2O3. The van der Waals surface area contributed by atoms with E-state index in [1.54, 1.807) is 12.1 Å². The van der Waals surface area contributed by atoms with Crippen molar-refractivity contribution in [1.29, 1.82) is 0 Å². The third kappa shape index (κ3) is 4.99. The van der Waals surface area contributed by atoms with Crippen molar-refractivity contribution in [3.8, 4) is 0 Å². The normalized spacial score (nSPS) is 11.9. The predicted molar refractivity (Wildman–Crippen MR) is 74.2 cm³/mol. The lowest BCUT2D eigenvalue weighted by Gasteiger charge is -2.13. The fourth-order valence-corrected chi connectivity index (χ4v) is 1.81. The molecule has 5 nitrogen and oxygen atoms in total. The van der Waals surface area contributed by atoms with Crippen LogP contribution in [0.25, 0.3) is 0 Å². The van der Waals surface area contributed by atoms with Crippen molar-refractivity contribution in [2.24, 2.45) is 11.7 Å². The number of carbonyl (C=O) groups excluding carboxylic acids is 1. The highest BCUT2D eigenvalue weighted by atomic mass is 16.4. The van der Waals surface area contributed by atoms with Gasteiger partial charge in [-0.3, -0.25) is 9.59 Å². The monoisotopic (exact) mass is 264 g/mol. The van der Waals surface area contributed by atoms with Crippen LogP contribution in [0.2, 0.25) is 0 Å². The Balaban J connectivity index is 2.52. The minimum atomic E-state index is -0.770. The van der Waals surface area contributed by atoms with Crippen molar-refractivity contribution >= 4 is 17.6 Å². The van der Waals surface area contributed by atoms with Crippen LogP contribution in [0.3, 0.4) is 0 Å². The number of carbonyl (C=O) groups is 2. The summed E-state index contributed by atoms with van der Waals surface area (Å²) in [6.07, 6.45) is 0.823. The molecule has 1 aromatic rings. The summed E-state index contributed by atoms with van der Waals surface area (Å²) in [6, 6.07) is 5.36. The smallest absolute Gasteiger partial charge is 0.303 e. The molecule has 1 amide bonds. The van der Waals surface area contributed by atoms with E-state index in [1.807, 2.05) is 19.9 Å². The SMILES string of the molecule is Cc1cc(NCC(C)CCC(=O)O)ccc1C(N)=O. The van der Waals surface area contributed by atoms with E-state index in [9.17, 15) is 9.59 Å². The quantitative estimate of drug-likeness (QED) is 0.702. The van der Waals surface area contributed by atoms with E-state index in [1.165, 1.54) is 0 Å². The number of hydrogen-bond acceptors (Lipinski definition) is 3. The first-order valence-electron chi connectivity index (χ1n) is 6.26. The molecule has 0 heterocycles. The van der Waals surface area contributed by atoms with E-state index in [0.29, 0.717) is 18.5 Å². The Kier molecular flexibility index (Phi) is 5.36. The average Bonchev–Trinajstić information content (AvgIpc) is 2.33. The van der Waals surface area contributed by atoms with Crippen LogP contribution in [0.15, 0.2) is 18.2 Å². The number of benzene rings is 1. The number of primary amides is 1. The van der Waals surface area contributed by atoms with Crippen molar-refractivity contribution in [3.05, 3.63) is 29.3 Å². The van der Waals surface area contributed by atoms with Gasteiger partial charge >= 0.3 is 5.97 Å². The van der Waals surface area contributed by atoms with Gasteiger partial charge in [-0.15, -0.1) is 0 Å². The molecular weight excluding hydrogens is 244 g/mol. The summed E-state index contributed by atoms with van der Waals surface area (Å²) in [4.78, 5) is 21.6. The van der Waals surface area contributed by atoms with E-state index >= 15 is 0 Å². The van der Waals surface area contributed by atoms with Crippen LogP contribution in [-0.4, -0.2) is 23.5 Å². The summed E-state index contributed by atoms with van der Waals surface area (Å²) < 4.78 is 0. The molecule has 0 aliphatic rings. The number of carboxylic acids is 1. The van der Waals surface area contributed by atoms with Crippen LogP contribution in [0.1, 0.15) is 35.7 Å². The number of rotatable bonds is 7. The summed E-state index contributed by atoms with van der Waals surface area (Å²) >= 11 is 0. The molecule has 1 rings (SSSR count). The number of hydrogen-bond donors (Lipinski definition) is 3. The zero-order valence-electron chi connectivity index (χ0n) is 11.3. The molecule has 0 radical (unpaired) electrons. The molecule has 1 aromatic carbocycles. The molecule has 5 heteroatoms. The van der Waals surface area contributed by atoms with Crippen LogP contribution in [0.4, 0.5) is 5.69 Å². The highest BCUT2D eigenvalue weighted by Gasteiger charge is 2.07. The number of aryl methyl sites for hydroxylation is 1. The molecule has 0 spiro atoms. The van der Waals surface area contributed by atoms with Gasteiger partial charge in [-0.05, 0) is 43.0 Å². The van der Waals surface area contributed by atoms with Crippen molar-refractivity contribution in [3.63, 3.8) is 0 Å². The second-order valence-corrected chi connectivity index (χ2v) is 4.81. The minimum absolute atomic E-state index is 0.183. The minimum Gasteiger partial charge on any atom is -0.481 e. The highest BCUT2D eigenvalue weighted by Crippen LogP contribution is 2.16. The second kappa shape index (κ2) is 6.78. The van der Waals surface area contributed by atoms with Gasteiger partial charge in [-0.25, -0.2) is 0 Å². The maximum Gasteiger partial charge on any atom is 0.303 e. The van der Waals surface area contributed by atoms with Gasteiger partial charge in [0.25, 0.3) is 0 Å². The zero-order chi connectivity index (χ0) is 14.4. The standard InChI is InChI=1S/C14H20N2O3/c1-9(3-6-13(17)18)8-16-11-4-5-12(14(15)19)10(2)7-11/h4-5,7,9,16H,3,6,8H2,1-2H3,(H2,15,19)(H,17,18). The molecule has 0 bridgehead atoms. The third-order valence-electron chi connectivity index (χ3n) is 3.00. The Morgan fingerprint density at radius 2 is 2.11 bits per heavy atom. The fraction of sp³-hybridized carbons (Fsp3) is 0.429. The summed E-state index contributed by atoms with van der Waals surface area (Å²) in [5, 5.41) is 11.8. The number of anilines is 1. The van der Waals surface area contributed by atoms with E-state index < -0.39 is 11.9 Å². The number of nitrogens with two attached hydrogens (primary N) is 1. The van der Waals surface area contributed by atoms with Crippen LogP contribution < -0.4 is 11.1 Å². The van der Waals surface area contributed by atoms with Gasteiger partial charge < -0.3 is 16.2 Å². The maximum atomic E-state index is 11.1. The first-order valence-corrected chi connectivity index (χ1v) is 6.26.